The van der Waals surface area contributed by atoms with E-state index < -0.39 is 5.97 Å². The molecule has 1 aliphatic rings. The fraction of sp³-hybridized carbons (Fsp3) is 0.467. The van der Waals surface area contributed by atoms with Crippen LogP contribution >= 0.6 is 0 Å². The number of ether oxygens (including phenoxy) is 1. The van der Waals surface area contributed by atoms with Gasteiger partial charge in [0.05, 0.1) is 18.4 Å². The van der Waals surface area contributed by atoms with Gasteiger partial charge in [-0.1, -0.05) is 19.1 Å². The highest BCUT2D eigenvalue weighted by atomic mass is 16.5. The van der Waals surface area contributed by atoms with Gasteiger partial charge in [-0.2, -0.15) is 0 Å². The second-order valence-electron chi connectivity index (χ2n) is 5.19. The molecule has 2 rings (SSSR count). The molecule has 5 nitrogen and oxygen atoms in total. The van der Waals surface area contributed by atoms with E-state index in [4.69, 9.17) is 4.74 Å². The Morgan fingerprint density at radius 3 is 2.65 bits per heavy atom. The van der Waals surface area contributed by atoms with Crippen LogP contribution in [0.3, 0.4) is 0 Å². The SMILES string of the molecule is COC(=O)c1c(C)cccc1NC(=O)C(C)C1CNC1. The third kappa shape index (κ3) is 2.82. The minimum Gasteiger partial charge on any atom is -0.465 e. The number of hydrogen-bond acceptors (Lipinski definition) is 4. The first kappa shape index (κ1) is 14.5. The van der Waals surface area contributed by atoms with Crippen LogP contribution in [-0.4, -0.2) is 32.1 Å². The molecule has 0 saturated carbocycles. The number of esters is 1. The van der Waals surface area contributed by atoms with Gasteiger partial charge in [0.2, 0.25) is 5.91 Å². The summed E-state index contributed by atoms with van der Waals surface area (Å²) in [4.78, 5) is 24.1. The Labute approximate surface area is 118 Å². The molecule has 2 N–H and O–H groups in total. The Hall–Kier alpha value is -1.88. The van der Waals surface area contributed by atoms with E-state index >= 15 is 0 Å². The van der Waals surface area contributed by atoms with Gasteiger partial charge < -0.3 is 15.4 Å². The van der Waals surface area contributed by atoms with E-state index in [1.807, 2.05) is 26.0 Å². The van der Waals surface area contributed by atoms with Crippen molar-refractivity contribution in [2.75, 3.05) is 25.5 Å². The van der Waals surface area contributed by atoms with E-state index in [9.17, 15) is 9.59 Å². The second-order valence-corrected chi connectivity index (χ2v) is 5.19. The van der Waals surface area contributed by atoms with E-state index in [0.29, 0.717) is 17.2 Å². The van der Waals surface area contributed by atoms with Gasteiger partial charge in [-0.15, -0.1) is 0 Å². The number of rotatable bonds is 4. The van der Waals surface area contributed by atoms with Crippen molar-refractivity contribution in [1.82, 2.24) is 5.32 Å². The van der Waals surface area contributed by atoms with Crippen LogP contribution in [0.15, 0.2) is 18.2 Å². The summed E-state index contributed by atoms with van der Waals surface area (Å²) < 4.78 is 4.78. The molecule has 1 saturated heterocycles. The van der Waals surface area contributed by atoms with E-state index in [1.165, 1.54) is 7.11 Å². The van der Waals surface area contributed by atoms with Crippen molar-refractivity contribution in [1.29, 1.82) is 0 Å². The summed E-state index contributed by atoms with van der Waals surface area (Å²) in [5, 5.41) is 6.00. The fourth-order valence-electron chi connectivity index (χ4n) is 2.27. The van der Waals surface area contributed by atoms with Gasteiger partial charge in [0, 0.05) is 5.92 Å². The average Bonchev–Trinajstić information content (AvgIpc) is 2.36. The third-order valence-corrected chi connectivity index (χ3v) is 3.85. The molecular formula is C15H20N2O3. The van der Waals surface area contributed by atoms with Gasteiger partial charge in [0.15, 0.2) is 0 Å². The molecule has 1 atom stereocenters. The maximum Gasteiger partial charge on any atom is 0.340 e. The van der Waals surface area contributed by atoms with Gasteiger partial charge in [-0.3, -0.25) is 4.79 Å². The lowest BCUT2D eigenvalue weighted by Crippen LogP contribution is -2.48. The molecule has 1 fully saturated rings. The van der Waals surface area contributed by atoms with Crippen molar-refractivity contribution >= 4 is 17.6 Å². The standard InChI is InChI=1S/C15H20N2O3/c1-9-5-4-6-12(13(9)15(19)20-3)17-14(18)10(2)11-7-16-8-11/h4-6,10-11,16H,7-8H2,1-3H3,(H,17,18). The van der Waals surface area contributed by atoms with Crippen molar-refractivity contribution in [3.8, 4) is 0 Å². The molecule has 1 amide bonds. The average molecular weight is 276 g/mol. The first-order valence-electron chi connectivity index (χ1n) is 6.74. The number of anilines is 1. The van der Waals surface area contributed by atoms with Gasteiger partial charge in [-0.25, -0.2) is 4.79 Å². The Morgan fingerprint density at radius 1 is 1.40 bits per heavy atom. The number of methoxy groups -OCH3 is 1. The highest BCUT2D eigenvalue weighted by molar-refractivity contribution is 6.02. The summed E-state index contributed by atoms with van der Waals surface area (Å²) in [6.07, 6.45) is 0. The van der Waals surface area contributed by atoms with E-state index in [-0.39, 0.29) is 11.8 Å². The van der Waals surface area contributed by atoms with E-state index in [2.05, 4.69) is 10.6 Å². The fourth-order valence-corrected chi connectivity index (χ4v) is 2.27. The van der Waals surface area contributed by atoms with Crippen LogP contribution in [0.1, 0.15) is 22.8 Å². The molecule has 1 unspecified atom stereocenters. The summed E-state index contributed by atoms with van der Waals surface area (Å²) in [6, 6.07) is 5.36. The van der Waals surface area contributed by atoms with Crippen molar-refractivity contribution in [2.24, 2.45) is 11.8 Å². The quantitative estimate of drug-likeness (QED) is 0.819. The number of nitrogens with one attached hydrogen (secondary N) is 2. The topological polar surface area (TPSA) is 67.4 Å². The molecule has 20 heavy (non-hydrogen) atoms. The predicted molar refractivity (Wildman–Crippen MR) is 76.7 cm³/mol. The monoisotopic (exact) mass is 276 g/mol. The maximum absolute atomic E-state index is 12.2. The molecule has 1 aromatic carbocycles. The summed E-state index contributed by atoms with van der Waals surface area (Å²) in [7, 11) is 1.34. The zero-order valence-electron chi connectivity index (χ0n) is 12.0. The molecule has 1 heterocycles. The van der Waals surface area contributed by atoms with Crippen LogP contribution in [0.4, 0.5) is 5.69 Å². The molecule has 0 spiro atoms. The van der Waals surface area contributed by atoms with E-state index in [1.54, 1.807) is 6.07 Å². The number of hydrogen-bond donors (Lipinski definition) is 2. The lowest BCUT2D eigenvalue weighted by atomic mass is 9.88. The van der Waals surface area contributed by atoms with Gasteiger partial charge in [0.1, 0.15) is 0 Å². The molecule has 0 bridgehead atoms. The lowest BCUT2D eigenvalue weighted by Gasteiger charge is -2.31. The molecule has 108 valence electrons. The first-order valence-corrected chi connectivity index (χ1v) is 6.74. The zero-order valence-corrected chi connectivity index (χ0v) is 12.0. The lowest BCUT2D eigenvalue weighted by molar-refractivity contribution is -0.121. The minimum atomic E-state index is -0.434. The molecule has 0 radical (unpaired) electrons. The largest absolute Gasteiger partial charge is 0.465 e. The third-order valence-electron chi connectivity index (χ3n) is 3.85. The van der Waals surface area contributed by atoms with Gasteiger partial charge >= 0.3 is 5.97 Å². The summed E-state index contributed by atoms with van der Waals surface area (Å²) >= 11 is 0. The summed E-state index contributed by atoms with van der Waals surface area (Å²) in [6.45, 7) is 5.47. The normalized spacial score (nSPS) is 16.1. The van der Waals surface area contributed by atoms with Crippen molar-refractivity contribution in [3.05, 3.63) is 29.3 Å². The Balaban J connectivity index is 2.18. The number of carbonyl (C=O) groups is 2. The molecule has 0 aliphatic carbocycles. The van der Waals surface area contributed by atoms with Crippen molar-refractivity contribution in [2.45, 2.75) is 13.8 Å². The zero-order chi connectivity index (χ0) is 14.7. The van der Waals surface area contributed by atoms with Crippen LogP contribution in [-0.2, 0) is 9.53 Å². The number of amides is 1. The smallest absolute Gasteiger partial charge is 0.340 e. The highest BCUT2D eigenvalue weighted by Crippen LogP contribution is 2.23. The summed E-state index contributed by atoms with van der Waals surface area (Å²) in [5.74, 6) is -0.215. The number of benzene rings is 1. The van der Waals surface area contributed by atoms with Crippen LogP contribution in [0.25, 0.3) is 0 Å². The number of aryl methyl sites for hydroxylation is 1. The van der Waals surface area contributed by atoms with Crippen LogP contribution in [0, 0.1) is 18.8 Å². The van der Waals surface area contributed by atoms with Crippen LogP contribution in [0.5, 0.6) is 0 Å². The molecule has 5 heteroatoms. The first-order chi connectivity index (χ1) is 9.54. The van der Waals surface area contributed by atoms with Crippen LogP contribution in [0.2, 0.25) is 0 Å². The molecule has 1 aliphatic heterocycles. The molecular weight excluding hydrogens is 256 g/mol. The summed E-state index contributed by atoms with van der Waals surface area (Å²) in [5.41, 5.74) is 1.72. The second kappa shape index (κ2) is 6.05. The van der Waals surface area contributed by atoms with Gasteiger partial charge in [0.25, 0.3) is 0 Å². The van der Waals surface area contributed by atoms with Crippen molar-refractivity contribution in [3.63, 3.8) is 0 Å². The predicted octanol–water partition coefficient (Wildman–Crippen LogP) is 1.58. The van der Waals surface area contributed by atoms with Gasteiger partial charge in [-0.05, 0) is 37.6 Å². The Morgan fingerprint density at radius 2 is 2.10 bits per heavy atom. The highest BCUT2D eigenvalue weighted by Gasteiger charge is 2.29. The maximum atomic E-state index is 12.2. The minimum absolute atomic E-state index is 0.0627. The molecule has 1 aromatic rings. The van der Waals surface area contributed by atoms with Crippen molar-refractivity contribution < 1.29 is 14.3 Å². The van der Waals surface area contributed by atoms with Crippen LogP contribution < -0.4 is 10.6 Å². The number of carbonyl (C=O) groups excluding carboxylic acids is 2. The van der Waals surface area contributed by atoms with E-state index in [0.717, 1.165) is 18.7 Å². The Bertz CT molecular complexity index is 524. The Kier molecular flexibility index (Phi) is 4.39. The molecule has 0 aromatic heterocycles.